The van der Waals surface area contributed by atoms with Gasteiger partial charge in [0.05, 0.1) is 22.3 Å². The van der Waals surface area contributed by atoms with Crippen molar-refractivity contribution in [2.75, 3.05) is 17.2 Å². The largest absolute Gasteiger partial charge is 0.484 e. The van der Waals surface area contributed by atoms with E-state index in [9.17, 15) is 0 Å². The molecule has 2 aromatic rings. The maximum Gasteiger partial charge on any atom is 0.145 e. The van der Waals surface area contributed by atoms with Crippen molar-refractivity contribution in [2.24, 2.45) is 0 Å². The Labute approximate surface area is 140 Å². The molecule has 0 saturated carbocycles. The zero-order valence-corrected chi connectivity index (χ0v) is 14.1. The maximum atomic E-state index is 6.12. The summed E-state index contributed by atoms with van der Waals surface area (Å²) in [6.45, 7) is 5.66. The number of nitrogens with zero attached hydrogens (tertiary/aromatic N) is 1. The number of benzene rings is 2. The molecule has 0 fully saturated rings. The fraction of sp³-hybridized carbons (Fsp3) is 0.294. The molecule has 0 unspecified atom stereocenters. The Kier molecular flexibility index (Phi) is 3.87. The molecule has 0 bridgehead atoms. The van der Waals surface area contributed by atoms with Crippen LogP contribution < -0.4 is 15.4 Å². The van der Waals surface area contributed by atoms with Crippen LogP contribution in [0.25, 0.3) is 0 Å². The second kappa shape index (κ2) is 5.56. The summed E-state index contributed by atoms with van der Waals surface area (Å²) in [5.41, 5.74) is 8.44. The first-order chi connectivity index (χ1) is 10.3. The Morgan fingerprint density at radius 2 is 1.91 bits per heavy atom. The third-order valence-corrected chi connectivity index (χ3v) is 4.38. The minimum absolute atomic E-state index is 0.281. The number of hydrogen-bond donors (Lipinski definition) is 1. The lowest BCUT2D eigenvalue weighted by atomic mass is 10.0. The summed E-state index contributed by atoms with van der Waals surface area (Å²) in [5, 5.41) is 1.14. The highest BCUT2D eigenvalue weighted by molar-refractivity contribution is 6.42. The Morgan fingerprint density at radius 1 is 1.14 bits per heavy atom. The number of halogens is 2. The van der Waals surface area contributed by atoms with E-state index in [-0.39, 0.29) is 5.60 Å². The normalized spacial score (nSPS) is 16.1. The molecular weight excluding hydrogens is 319 g/mol. The topological polar surface area (TPSA) is 38.5 Å². The first-order valence-electron chi connectivity index (χ1n) is 7.11. The van der Waals surface area contributed by atoms with Crippen LogP contribution in [0.4, 0.5) is 11.4 Å². The minimum Gasteiger partial charge on any atom is -0.484 e. The van der Waals surface area contributed by atoms with E-state index in [1.807, 2.05) is 36.4 Å². The van der Waals surface area contributed by atoms with Crippen LogP contribution in [0.15, 0.2) is 36.4 Å². The Balaban J connectivity index is 1.94. The lowest BCUT2D eigenvalue weighted by Gasteiger charge is -2.41. The van der Waals surface area contributed by atoms with Gasteiger partial charge in [0, 0.05) is 18.3 Å². The maximum absolute atomic E-state index is 6.12. The van der Waals surface area contributed by atoms with Crippen molar-refractivity contribution in [2.45, 2.75) is 26.0 Å². The molecular formula is C17H18Cl2N2O. The summed E-state index contributed by atoms with van der Waals surface area (Å²) < 4.78 is 6.04. The molecule has 22 heavy (non-hydrogen) atoms. The highest BCUT2D eigenvalue weighted by atomic mass is 35.5. The Morgan fingerprint density at radius 3 is 2.64 bits per heavy atom. The van der Waals surface area contributed by atoms with Crippen molar-refractivity contribution in [3.63, 3.8) is 0 Å². The van der Waals surface area contributed by atoms with Gasteiger partial charge in [-0.1, -0.05) is 29.3 Å². The monoisotopic (exact) mass is 336 g/mol. The molecule has 0 radical (unpaired) electrons. The molecule has 0 atom stereocenters. The molecule has 5 heteroatoms. The molecule has 2 aromatic carbocycles. The predicted octanol–water partition coefficient (Wildman–Crippen LogP) is 4.75. The van der Waals surface area contributed by atoms with Gasteiger partial charge < -0.3 is 15.4 Å². The molecule has 0 spiro atoms. The van der Waals surface area contributed by atoms with Gasteiger partial charge in [0.15, 0.2) is 0 Å². The summed E-state index contributed by atoms with van der Waals surface area (Å²) in [5.74, 6) is 0.816. The predicted molar refractivity (Wildman–Crippen MR) is 93.1 cm³/mol. The second-order valence-electron chi connectivity index (χ2n) is 6.19. The number of hydrogen-bond acceptors (Lipinski definition) is 3. The summed E-state index contributed by atoms with van der Waals surface area (Å²) in [6.07, 6.45) is 0. The van der Waals surface area contributed by atoms with E-state index in [0.717, 1.165) is 30.1 Å². The summed E-state index contributed by atoms with van der Waals surface area (Å²) >= 11 is 12.1. The molecule has 0 aromatic heterocycles. The standard InChI is InChI=1S/C17H18Cl2N2O/c1-17(2)10-21(9-11-3-5-13(18)14(19)7-11)15-6-4-12(20)8-16(15)22-17/h3-8H,9-10,20H2,1-2H3. The van der Waals surface area contributed by atoms with Crippen molar-refractivity contribution in [3.8, 4) is 5.75 Å². The van der Waals surface area contributed by atoms with Gasteiger partial charge in [-0.05, 0) is 43.7 Å². The number of nitrogens with two attached hydrogens (primary N) is 1. The van der Waals surface area contributed by atoms with E-state index in [4.69, 9.17) is 33.7 Å². The fourth-order valence-corrected chi connectivity index (χ4v) is 3.07. The van der Waals surface area contributed by atoms with Crippen molar-refractivity contribution >= 4 is 34.6 Å². The first-order valence-corrected chi connectivity index (χ1v) is 7.87. The zero-order chi connectivity index (χ0) is 15.9. The minimum atomic E-state index is -0.281. The lowest BCUT2D eigenvalue weighted by molar-refractivity contribution is 0.104. The van der Waals surface area contributed by atoms with Crippen molar-refractivity contribution in [3.05, 3.63) is 52.0 Å². The fourth-order valence-electron chi connectivity index (χ4n) is 2.75. The Bertz CT molecular complexity index is 716. The van der Waals surface area contributed by atoms with E-state index < -0.39 is 0 Å². The molecule has 1 heterocycles. The van der Waals surface area contributed by atoms with Crippen molar-refractivity contribution in [1.29, 1.82) is 0 Å². The van der Waals surface area contributed by atoms with Gasteiger partial charge in [-0.25, -0.2) is 0 Å². The van der Waals surface area contributed by atoms with Gasteiger partial charge in [-0.2, -0.15) is 0 Å². The number of ether oxygens (including phenoxy) is 1. The van der Waals surface area contributed by atoms with Gasteiger partial charge in [0.1, 0.15) is 11.4 Å². The van der Waals surface area contributed by atoms with Crippen LogP contribution in [0.2, 0.25) is 10.0 Å². The van der Waals surface area contributed by atoms with Crippen LogP contribution in [0.3, 0.4) is 0 Å². The highest BCUT2D eigenvalue weighted by Crippen LogP contribution is 2.39. The van der Waals surface area contributed by atoms with E-state index in [2.05, 4.69) is 18.7 Å². The van der Waals surface area contributed by atoms with Crippen LogP contribution in [0, 0.1) is 0 Å². The molecule has 116 valence electrons. The lowest BCUT2D eigenvalue weighted by Crippen LogP contribution is -2.46. The second-order valence-corrected chi connectivity index (χ2v) is 7.01. The van der Waals surface area contributed by atoms with E-state index in [0.29, 0.717) is 15.7 Å². The number of nitrogen functional groups attached to an aromatic ring is 1. The molecule has 1 aliphatic heterocycles. The van der Waals surface area contributed by atoms with Gasteiger partial charge in [-0.3, -0.25) is 0 Å². The molecule has 2 N–H and O–H groups in total. The summed E-state index contributed by atoms with van der Waals surface area (Å²) in [6, 6.07) is 11.5. The van der Waals surface area contributed by atoms with Crippen LogP contribution in [-0.4, -0.2) is 12.1 Å². The molecule has 3 nitrogen and oxygen atoms in total. The van der Waals surface area contributed by atoms with Crippen molar-refractivity contribution < 1.29 is 4.74 Å². The average molecular weight is 337 g/mol. The van der Waals surface area contributed by atoms with Gasteiger partial charge in [0.2, 0.25) is 0 Å². The van der Waals surface area contributed by atoms with E-state index in [1.165, 1.54) is 0 Å². The first kappa shape index (κ1) is 15.3. The van der Waals surface area contributed by atoms with Gasteiger partial charge in [0.25, 0.3) is 0 Å². The molecule has 0 aliphatic carbocycles. The van der Waals surface area contributed by atoms with E-state index in [1.54, 1.807) is 0 Å². The third kappa shape index (κ3) is 3.11. The number of rotatable bonds is 2. The van der Waals surface area contributed by atoms with Gasteiger partial charge in [-0.15, -0.1) is 0 Å². The summed E-state index contributed by atoms with van der Waals surface area (Å²) in [7, 11) is 0. The van der Waals surface area contributed by atoms with Crippen LogP contribution in [-0.2, 0) is 6.54 Å². The Hall–Kier alpha value is -1.58. The van der Waals surface area contributed by atoms with E-state index >= 15 is 0 Å². The zero-order valence-electron chi connectivity index (χ0n) is 12.6. The number of fused-ring (bicyclic) bond motifs is 1. The number of anilines is 2. The SMILES string of the molecule is CC1(C)CN(Cc2ccc(Cl)c(Cl)c2)c2ccc(N)cc2O1. The molecule has 3 rings (SSSR count). The van der Waals surface area contributed by atoms with Gasteiger partial charge >= 0.3 is 0 Å². The highest BCUT2D eigenvalue weighted by Gasteiger charge is 2.31. The third-order valence-electron chi connectivity index (χ3n) is 3.64. The molecule has 0 saturated heterocycles. The summed E-state index contributed by atoms with van der Waals surface area (Å²) in [4.78, 5) is 2.28. The van der Waals surface area contributed by atoms with Crippen LogP contribution in [0.1, 0.15) is 19.4 Å². The quantitative estimate of drug-likeness (QED) is 0.804. The van der Waals surface area contributed by atoms with Crippen LogP contribution >= 0.6 is 23.2 Å². The van der Waals surface area contributed by atoms with Crippen molar-refractivity contribution in [1.82, 2.24) is 0 Å². The van der Waals surface area contributed by atoms with Crippen LogP contribution in [0.5, 0.6) is 5.75 Å². The average Bonchev–Trinajstić information content (AvgIpc) is 2.41. The molecule has 1 aliphatic rings. The molecule has 0 amide bonds. The smallest absolute Gasteiger partial charge is 0.145 e.